The minimum absolute atomic E-state index is 0.0751. The fourth-order valence-electron chi connectivity index (χ4n) is 3.14. The smallest absolute Gasteiger partial charge is 0.246 e. The predicted octanol–water partition coefficient (Wildman–Crippen LogP) is 2.46. The van der Waals surface area contributed by atoms with E-state index < -0.39 is 5.82 Å². The van der Waals surface area contributed by atoms with Crippen LogP contribution in [0.25, 0.3) is 6.08 Å². The van der Waals surface area contributed by atoms with E-state index in [4.69, 9.17) is 14.2 Å². The summed E-state index contributed by atoms with van der Waals surface area (Å²) < 4.78 is 29.7. The molecule has 2 heterocycles. The van der Waals surface area contributed by atoms with Gasteiger partial charge in [0.05, 0.1) is 20.3 Å². The topological polar surface area (TPSA) is 48.0 Å². The summed E-state index contributed by atoms with van der Waals surface area (Å²) in [4.78, 5) is 14.2. The van der Waals surface area contributed by atoms with Crippen LogP contribution in [0.2, 0.25) is 0 Å². The number of halogens is 1. The Bertz CT molecular complexity index is 613. The third kappa shape index (κ3) is 3.94. The molecule has 2 aliphatic heterocycles. The van der Waals surface area contributed by atoms with Gasteiger partial charge in [0.1, 0.15) is 0 Å². The fraction of sp³-hybridized carbons (Fsp3) is 0.500. The Kier molecular flexibility index (Phi) is 5.48. The molecule has 2 saturated heterocycles. The minimum atomic E-state index is -0.444. The maximum Gasteiger partial charge on any atom is 0.246 e. The number of ether oxygens (including phenoxy) is 3. The normalized spacial score (nSPS) is 22.2. The molecule has 24 heavy (non-hydrogen) atoms. The first-order valence-electron chi connectivity index (χ1n) is 8.21. The molecule has 0 N–H and O–H groups in total. The third-order valence-corrected chi connectivity index (χ3v) is 4.40. The molecular formula is C18H22FNO4. The van der Waals surface area contributed by atoms with Crippen LogP contribution in [-0.2, 0) is 14.3 Å². The minimum Gasteiger partial charge on any atom is -0.494 e. The van der Waals surface area contributed by atoms with Crippen molar-refractivity contribution in [3.8, 4) is 5.75 Å². The van der Waals surface area contributed by atoms with Crippen molar-refractivity contribution in [2.75, 3.05) is 33.4 Å². The molecule has 1 atom stereocenters. The zero-order valence-electron chi connectivity index (χ0n) is 13.7. The summed E-state index contributed by atoms with van der Waals surface area (Å²) in [6, 6.07) is 4.61. The lowest BCUT2D eigenvalue weighted by atomic mass is 9.97. The van der Waals surface area contributed by atoms with Gasteiger partial charge in [-0.2, -0.15) is 0 Å². The molecule has 5 nitrogen and oxygen atoms in total. The number of carbonyl (C=O) groups is 1. The predicted molar refractivity (Wildman–Crippen MR) is 87.0 cm³/mol. The summed E-state index contributed by atoms with van der Waals surface area (Å²) in [5, 5.41) is 0. The maximum absolute atomic E-state index is 13.7. The Balaban J connectivity index is 1.60. The molecule has 1 amide bonds. The number of nitrogens with zero attached hydrogens (tertiary/aromatic N) is 1. The molecule has 0 saturated carbocycles. The van der Waals surface area contributed by atoms with Crippen LogP contribution in [0.5, 0.6) is 5.75 Å². The molecule has 0 aromatic heterocycles. The highest BCUT2D eigenvalue weighted by Gasteiger charge is 2.32. The van der Waals surface area contributed by atoms with Crippen molar-refractivity contribution in [2.24, 2.45) is 5.92 Å². The average Bonchev–Trinajstić information content (AvgIpc) is 3.14. The molecule has 2 fully saturated rings. The molecule has 0 aliphatic carbocycles. The summed E-state index contributed by atoms with van der Waals surface area (Å²) in [6.07, 6.45) is 4.85. The highest BCUT2D eigenvalue weighted by molar-refractivity contribution is 5.91. The highest BCUT2D eigenvalue weighted by atomic mass is 19.1. The van der Waals surface area contributed by atoms with Gasteiger partial charge in [-0.1, -0.05) is 6.07 Å². The first kappa shape index (κ1) is 16.9. The number of amides is 1. The van der Waals surface area contributed by atoms with E-state index >= 15 is 0 Å². The van der Waals surface area contributed by atoms with Gasteiger partial charge in [-0.3, -0.25) is 4.79 Å². The van der Waals surface area contributed by atoms with Crippen molar-refractivity contribution in [1.29, 1.82) is 0 Å². The van der Waals surface area contributed by atoms with Crippen LogP contribution in [0.4, 0.5) is 4.39 Å². The van der Waals surface area contributed by atoms with Crippen LogP contribution in [0.15, 0.2) is 24.3 Å². The Hall–Kier alpha value is -1.92. The lowest BCUT2D eigenvalue weighted by molar-refractivity contribution is -0.134. The van der Waals surface area contributed by atoms with E-state index in [2.05, 4.69) is 0 Å². The molecule has 130 valence electrons. The zero-order chi connectivity index (χ0) is 16.9. The van der Waals surface area contributed by atoms with E-state index in [1.54, 1.807) is 23.1 Å². The van der Waals surface area contributed by atoms with Crippen molar-refractivity contribution >= 4 is 12.0 Å². The zero-order valence-corrected chi connectivity index (χ0v) is 13.7. The van der Waals surface area contributed by atoms with Crippen LogP contribution in [0, 0.1) is 11.7 Å². The van der Waals surface area contributed by atoms with Gasteiger partial charge >= 0.3 is 0 Å². The summed E-state index contributed by atoms with van der Waals surface area (Å²) >= 11 is 0. The standard InChI is InChI=1S/C18H22FNO4/c1-22-16-6-4-13(11-15(16)19)5-7-17(21)20-8-2-3-14(12-20)18-23-9-10-24-18/h4-7,11,14,18H,2-3,8-10,12H2,1H3/b7-5+. The van der Waals surface area contributed by atoms with Crippen molar-refractivity contribution in [2.45, 2.75) is 19.1 Å². The van der Waals surface area contributed by atoms with E-state index in [0.29, 0.717) is 25.3 Å². The molecule has 0 bridgehead atoms. The number of methoxy groups -OCH3 is 1. The molecule has 0 spiro atoms. The summed E-state index contributed by atoms with van der Waals surface area (Å²) in [7, 11) is 1.42. The second kappa shape index (κ2) is 7.77. The van der Waals surface area contributed by atoms with Gasteiger partial charge < -0.3 is 19.1 Å². The molecule has 0 radical (unpaired) electrons. The SMILES string of the molecule is COc1ccc(/C=C/C(=O)N2CCCC(C3OCCO3)C2)cc1F. The number of likely N-dealkylation sites (tertiary alicyclic amines) is 1. The van der Waals surface area contributed by atoms with Gasteiger partial charge in [-0.15, -0.1) is 0 Å². The number of hydrogen-bond donors (Lipinski definition) is 0. The fourth-order valence-corrected chi connectivity index (χ4v) is 3.14. The third-order valence-electron chi connectivity index (χ3n) is 4.40. The molecule has 1 aromatic rings. The van der Waals surface area contributed by atoms with Gasteiger partial charge in [0, 0.05) is 25.1 Å². The van der Waals surface area contributed by atoms with E-state index in [-0.39, 0.29) is 23.9 Å². The quantitative estimate of drug-likeness (QED) is 0.793. The van der Waals surface area contributed by atoms with Crippen molar-refractivity contribution in [3.05, 3.63) is 35.7 Å². The number of benzene rings is 1. The number of carbonyl (C=O) groups excluding carboxylic acids is 1. The highest BCUT2D eigenvalue weighted by Crippen LogP contribution is 2.25. The van der Waals surface area contributed by atoms with Crippen LogP contribution in [0.1, 0.15) is 18.4 Å². The van der Waals surface area contributed by atoms with Gasteiger partial charge in [0.2, 0.25) is 5.91 Å². The van der Waals surface area contributed by atoms with Crippen molar-refractivity contribution < 1.29 is 23.4 Å². The summed E-state index contributed by atoms with van der Waals surface area (Å²) in [5.74, 6) is -0.111. The van der Waals surface area contributed by atoms with Crippen molar-refractivity contribution in [1.82, 2.24) is 4.90 Å². The Labute approximate surface area is 141 Å². The van der Waals surface area contributed by atoms with E-state index in [9.17, 15) is 9.18 Å². The first-order chi connectivity index (χ1) is 11.7. The van der Waals surface area contributed by atoms with Crippen LogP contribution in [-0.4, -0.2) is 50.5 Å². The number of rotatable bonds is 4. The maximum atomic E-state index is 13.7. The van der Waals surface area contributed by atoms with Crippen LogP contribution >= 0.6 is 0 Å². The molecule has 2 aliphatic rings. The Morgan fingerprint density at radius 3 is 2.88 bits per heavy atom. The van der Waals surface area contributed by atoms with Gasteiger partial charge in [-0.05, 0) is 36.6 Å². The van der Waals surface area contributed by atoms with Crippen molar-refractivity contribution in [3.63, 3.8) is 0 Å². The molecule has 3 rings (SSSR count). The van der Waals surface area contributed by atoms with E-state index in [1.165, 1.54) is 19.3 Å². The molecule has 6 heteroatoms. The second-order valence-corrected chi connectivity index (χ2v) is 6.02. The monoisotopic (exact) mass is 335 g/mol. The Morgan fingerprint density at radius 2 is 2.17 bits per heavy atom. The average molecular weight is 335 g/mol. The summed E-state index contributed by atoms with van der Waals surface area (Å²) in [5.41, 5.74) is 0.623. The largest absolute Gasteiger partial charge is 0.494 e. The lowest BCUT2D eigenvalue weighted by Gasteiger charge is -2.34. The number of piperidine rings is 1. The molecule has 1 unspecified atom stereocenters. The number of hydrogen-bond acceptors (Lipinski definition) is 4. The Morgan fingerprint density at radius 1 is 1.38 bits per heavy atom. The van der Waals surface area contributed by atoms with E-state index in [0.717, 1.165) is 19.4 Å². The van der Waals surface area contributed by atoms with Crippen LogP contribution < -0.4 is 4.74 Å². The lowest BCUT2D eigenvalue weighted by Crippen LogP contribution is -2.43. The molecule has 1 aromatic carbocycles. The first-order valence-corrected chi connectivity index (χ1v) is 8.21. The van der Waals surface area contributed by atoms with Gasteiger partial charge in [0.15, 0.2) is 17.9 Å². The van der Waals surface area contributed by atoms with E-state index in [1.807, 2.05) is 0 Å². The van der Waals surface area contributed by atoms with Gasteiger partial charge in [-0.25, -0.2) is 4.39 Å². The summed E-state index contributed by atoms with van der Waals surface area (Å²) in [6.45, 7) is 2.60. The van der Waals surface area contributed by atoms with Crippen LogP contribution in [0.3, 0.4) is 0 Å². The second-order valence-electron chi connectivity index (χ2n) is 6.02. The van der Waals surface area contributed by atoms with Gasteiger partial charge in [0.25, 0.3) is 0 Å². The molecular weight excluding hydrogens is 313 g/mol.